The summed E-state index contributed by atoms with van der Waals surface area (Å²) in [5.74, 6) is -0.364. The number of nitrogens with one attached hydrogen (secondary N) is 1. The molecule has 0 aliphatic heterocycles. The first-order valence-corrected chi connectivity index (χ1v) is 6.62. The first kappa shape index (κ1) is 15.4. The number of hydrogen-bond acceptors (Lipinski definition) is 5. The molecule has 0 unspecified atom stereocenters. The molecule has 0 fully saturated rings. The van der Waals surface area contributed by atoms with Gasteiger partial charge in [-0.1, -0.05) is 6.07 Å². The molecule has 1 N–H and O–H groups in total. The molecule has 0 aliphatic rings. The number of pyridine rings is 1. The highest BCUT2D eigenvalue weighted by Gasteiger charge is 2.18. The second-order valence-electron chi connectivity index (χ2n) is 4.90. The average Bonchev–Trinajstić information content (AvgIpc) is 2.52. The number of nitro benzene ring substituents is 1. The Kier molecular flexibility index (Phi) is 4.67. The van der Waals surface area contributed by atoms with E-state index in [0.29, 0.717) is 12.2 Å². The number of anilines is 1. The Morgan fingerprint density at radius 3 is 2.73 bits per heavy atom. The molecule has 7 heteroatoms. The minimum Gasteiger partial charge on any atom is -0.372 e. The zero-order valence-electron chi connectivity index (χ0n) is 12.3. The quantitative estimate of drug-likeness (QED) is 0.674. The van der Waals surface area contributed by atoms with Crippen LogP contribution in [0.4, 0.5) is 11.4 Å². The van der Waals surface area contributed by atoms with Gasteiger partial charge in [-0.15, -0.1) is 0 Å². The second kappa shape index (κ2) is 6.66. The molecule has 2 rings (SSSR count). The van der Waals surface area contributed by atoms with Crippen molar-refractivity contribution in [1.82, 2.24) is 10.3 Å². The third-order valence-electron chi connectivity index (χ3n) is 3.09. The van der Waals surface area contributed by atoms with Gasteiger partial charge in [0, 0.05) is 44.7 Å². The number of rotatable bonds is 5. The number of hydrogen-bond donors (Lipinski definition) is 1. The highest BCUT2D eigenvalue weighted by atomic mass is 16.6. The maximum Gasteiger partial charge on any atom is 0.293 e. The number of benzene rings is 1. The van der Waals surface area contributed by atoms with Crippen molar-refractivity contribution in [2.45, 2.75) is 6.54 Å². The fraction of sp³-hybridized carbons (Fsp3) is 0.200. The maximum absolute atomic E-state index is 12.1. The van der Waals surface area contributed by atoms with Gasteiger partial charge >= 0.3 is 0 Å². The lowest BCUT2D eigenvalue weighted by Gasteiger charge is -2.13. The van der Waals surface area contributed by atoms with Crippen LogP contribution in [0.1, 0.15) is 15.9 Å². The van der Waals surface area contributed by atoms with Gasteiger partial charge in [0.25, 0.3) is 11.6 Å². The normalized spacial score (nSPS) is 10.1. The van der Waals surface area contributed by atoms with Gasteiger partial charge in [-0.3, -0.25) is 19.9 Å². The Balaban J connectivity index is 2.16. The first-order valence-electron chi connectivity index (χ1n) is 6.62. The van der Waals surface area contributed by atoms with Gasteiger partial charge < -0.3 is 10.2 Å². The number of carbonyl (C=O) groups is 1. The van der Waals surface area contributed by atoms with Crippen molar-refractivity contribution >= 4 is 17.3 Å². The van der Waals surface area contributed by atoms with Crippen LogP contribution in [0.2, 0.25) is 0 Å². The van der Waals surface area contributed by atoms with E-state index in [1.807, 2.05) is 6.07 Å². The summed E-state index contributed by atoms with van der Waals surface area (Å²) in [6.07, 6.45) is 3.30. The van der Waals surface area contributed by atoms with Gasteiger partial charge in [-0.25, -0.2) is 0 Å². The summed E-state index contributed by atoms with van der Waals surface area (Å²) < 4.78 is 0. The second-order valence-corrected chi connectivity index (χ2v) is 4.90. The molecule has 0 aliphatic carbocycles. The topological polar surface area (TPSA) is 88.4 Å². The van der Waals surface area contributed by atoms with Crippen molar-refractivity contribution in [3.8, 4) is 0 Å². The Hall–Kier alpha value is -2.96. The number of aromatic nitrogens is 1. The fourth-order valence-corrected chi connectivity index (χ4v) is 1.98. The maximum atomic E-state index is 12.1. The van der Waals surface area contributed by atoms with E-state index in [2.05, 4.69) is 10.3 Å². The third-order valence-corrected chi connectivity index (χ3v) is 3.09. The average molecular weight is 300 g/mol. The molecular formula is C15H16N4O3. The first-order chi connectivity index (χ1) is 10.5. The molecule has 0 bridgehead atoms. The van der Waals surface area contributed by atoms with Gasteiger partial charge in [0.15, 0.2) is 0 Å². The zero-order valence-corrected chi connectivity index (χ0v) is 12.3. The predicted octanol–water partition coefficient (Wildman–Crippen LogP) is 1.99. The summed E-state index contributed by atoms with van der Waals surface area (Å²) in [5.41, 5.74) is 1.46. The molecule has 0 spiro atoms. The summed E-state index contributed by atoms with van der Waals surface area (Å²) in [7, 11) is 3.43. The molecule has 1 amide bonds. The molecule has 1 aromatic carbocycles. The highest BCUT2D eigenvalue weighted by Crippen LogP contribution is 2.27. The molecular weight excluding hydrogens is 284 g/mol. The van der Waals surface area contributed by atoms with Crippen LogP contribution in [0.3, 0.4) is 0 Å². The van der Waals surface area contributed by atoms with Crippen molar-refractivity contribution in [2.24, 2.45) is 0 Å². The largest absolute Gasteiger partial charge is 0.372 e. The number of carbonyl (C=O) groups excluding carboxylic acids is 1. The summed E-state index contributed by atoms with van der Waals surface area (Å²) in [4.78, 5) is 28.3. The molecule has 0 radical (unpaired) electrons. The van der Waals surface area contributed by atoms with E-state index in [9.17, 15) is 14.9 Å². The minimum absolute atomic E-state index is 0.0981. The molecule has 0 atom stereocenters. The Morgan fingerprint density at radius 1 is 1.36 bits per heavy atom. The van der Waals surface area contributed by atoms with Crippen molar-refractivity contribution in [2.75, 3.05) is 19.0 Å². The van der Waals surface area contributed by atoms with Crippen LogP contribution in [0.15, 0.2) is 42.7 Å². The number of nitrogens with zero attached hydrogens (tertiary/aromatic N) is 3. The van der Waals surface area contributed by atoms with E-state index in [0.717, 1.165) is 5.56 Å². The molecule has 2 aromatic rings. The molecule has 22 heavy (non-hydrogen) atoms. The van der Waals surface area contributed by atoms with Crippen LogP contribution in [0.25, 0.3) is 0 Å². The number of amides is 1. The van der Waals surface area contributed by atoms with Crippen LogP contribution >= 0.6 is 0 Å². The molecule has 1 aromatic heterocycles. The van der Waals surface area contributed by atoms with Crippen LogP contribution < -0.4 is 10.2 Å². The van der Waals surface area contributed by atoms with Gasteiger partial charge in [-0.2, -0.15) is 0 Å². The summed E-state index contributed by atoms with van der Waals surface area (Å²) in [6.45, 7) is 0.315. The van der Waals surface area contributed by atoms with Crippen molar-refractivity contribution in [3.05, 3.63) is 64.0 Å². The van der Waals surface area contributed by atoms with E-state index in [1.165, 1.54) is 6.07 Å². The zero-order chi connectivity index (χ0) is 16.1. The van der Waals surface area contributed by atoms with E-state index in [1.54, 1.807) is 49.6 Å². The lowest BCUT2D eigenvalue weighted by molar-refractivity contribution is -0.384. The fourth-order valence-electron chi connectivity index (χ4n) is 1.98. The Morgan fingerprint density at radius 2 is 2.14 bits per heavy atom. The SMILES string of the molecule is CN(C)c1ccc(C(=O)NCc2cccnc2)cc1[N+](=O)[O-]. The van der Waals surface area contributed by atoms with Gasteiger partial charge in [-0.05, 0) is 23.8 Å². The lowest BCUT2D eigenvalue weighted by atomic mass is 10.1. The van der Waals surface area contributed by atoms with Crippen LogP contribution in [-0.2, 0) is 6.54 Å². The minimum atomic E-state index is -0.493. The third kappa shape index (κ3) is 3.57. The van der Waals surface area contributed by atoms with E-state index >= 15 is 0 Å². The van der Waals surface area contributed by atoms with Gasteiger partial charge in [0.1, 0.15) is 5.69 Å². The lowest BCUT2D eigenvalue weighted by Crippen LogP contribution is -2.23. The highest BCUT2D eigenvalue weighted by molar-refractivity contribution is 5.95. The molecule has 0 saturated heterocycles. The smallest absolute Gasteiger partial charge is 0.293 e. The standard InChI is InChI=1S/C15H16N4O3/c1-18(2)13-6-5-12(8-14(13)19(21)22)15(20)17-10-11-4-3-7-16-9-11/h3-9H,10H2,1-2H3,(H,17,20). The summed E-state index contributed by atoms with van der Waals surface area (Å²) in [6, 6.07) is 8.04. The molecule has 0 saturated carbocycles. The van der Waals surface area contributed by atoms with Crippen molar-refractivity contribution in [1.29, 1.82) is 0 Å². The van der Waals surface area contributed by atoms with Gasteiger partial charge in [0.05, 0.1) is 4.92 Å². The predicted molar refractivity (Wildman–Crippen MR) is 82.8 cm³/mol. The summed E-state index contributed by atoms with van der Waals surface area (Å²) in [5, 5.41) is 13.8. The van der Waals surface area contributed by atoms with Gasteiger partial charge in [0.2, 0.25) is 0 Å². The Labute approximate surface area is 127 Å². The molecule has 7 nitrogen and oxygen atoms in total. The van der Waals surface area contributed by atoms with Crippen LogP contribution in [-0.4, -0.2) is 29.9 Å². The molecule has 1 heterocycles. The number of nitro groups is 1. The van der Waals surface area contributed by atoms with E-state index in [4.69, 9.17) is 0 Å². The molecule has 114 valence electrons. The van der Waals surface area contributed by atoms with E-state index < -0.39 is 4.92 Å². The van der Waals surface area contributed by atoms with Crippen molar-refractivity contribution in [3.63, 3.8) is 0 Å². The monoisotopic (exact) mass is 300 g/mol. The van der Waals surface area contributed by atoms with E-state index in [-0.39, 0.29) is 17.2 Å². The summed E-state index contributed by atoms with van der Waals surface area (Å²) >= 11 is 0. The van der Waals surface area contributed by atoms with Crippen LogP contribution in [0, 0.1) is 10.1 Å². The Bertz CT molecular complexity index is 686. The van der Waals surface area contributed by atoms with Crippen LogP contribution in [0.5, 0.6) is 0 Å². The van der Waals surface area contributed by atoms with Crippen molar-refractivity contribution < 1.29 is 9.72 Å².